The van der Waals surface area contributed by atoms with Crippen molar-refractivity contribution in [3.05, 3.63) is 52.1 Å². The maximum atomic E-state index is 13.5. The lowest BCUT2D eigenvalue weighted by Gasteiger charge is -2.29. The number of primary amides is 1. The number of aromatic nitrogens is 1. The smallest absolute Gasteiger partial charge is 0.257 e. The van der Waals surface area contributed by atoms with Gasteiger partial charge in [-0.05, 0) is 55.5 Å². The van der Waals surface area contributed by atoms with Crippen molar-refractivity contribution in [3.8, 4) is 0 Å². The average Bonchev–Trinajstić information content (AvgIpc) is 2.89. The molecule has 9 heteroatoms. The molecule has 5 N–H and O–H groups in total. The van der Waals surface area contributed by atoms with Crippen LogP contribution >= 0.6 is 0 Å². The predicted octanol–water partition coefficient (Wildman–Crippen LogP) is 2.39. The number of amides is 3. The van der Waals surface area contributed by atoms with Crippen molar-refractivity contribution >= 4 is 23.4 Å². The van der Waals surface area contributed by atoms with E-state index in [0.717, 1.165) is 0 Å². The topological polar surface area (TPSA) is 126 Å². The van der Waals surface area contributed by atoms with E-state index in [2.05, 4.69) is 10.6 Å². The van der Waals surface area contributed by atoms with Crippen LogP contribution in [0.3, 0.4) is 0 Å². The number of rotatable bonds is 6. The predicted molar refractivity (Wildman–Crippen MR) is 120 cm³/mol. The Morgan fingerprint density at radius 2 is 1.75 bits per heavy atom. The zero-order chi connectivity index (χ0) is 24.5. The summed E-state index contributed by atoms with van der Waals surface area (Å²) >= 11 is 0. The highest BCUT2D eigenvalue weighted by atomic mass is 19.1. The first kappa shape index (κ1) is 25.1. The number of carbonyl (C=O) groups excluding carboxylic acids is 3. The minimum absolute atomic E-state index is 0.220. The normalized spacial score (nSPS) is 13.4. The molecule has 0 aliphatic rings. The van der Waals surface area contributed by atoms with Crippen LogP contribution < -0.4 is 16.4 Å². The van der Waals surface area contributed by atoms with Crippen LogP contribution in [-0.4, -0.2) is 33.4 Å². The Morgan fingerprint density at radius 3 is 2.25 bits per heavy atom. The molecule has 2 aromatic rings. The SMILES string of the molecule is Cc1cc(NC(=O)c2c(C)c(C(O)C(=O)N[C@@H](C(N)=O)C(C)(C)C)n(C)c2C)ccc1F. The molecule has 1 aromatic carbocycles. The number of benzene rings is 1. The maximum absolute atomic E-state index is 13.5. The summed E-state index contributed by atoms with van der Waals surface area (Å²) in [6, 6.07) is 3.24. The Balaban J connectivity index is 2.35. The molecule has 0 aliphatic carbocycles. The molecule has 0 radical (unpaired) electrons. The average molecular weight is 447 g/mol. The zero-order valence-electron chi connectivity index (χ0n) is 19.5. The highest BCUT2D eigenvalue weighted by Gasteiger charge is 2.35. The van der Waals surface area contributed by atoms with Gasteiger partial charge in [-0.2, -0.15) is 0 Å². The molecule has 1 heterocycles. The fraction of sp³-hybridized carbons (Fsp3) is 0.435. The minimum atomic E-state index is -1.63. The van der Waals surface area contributed by atoms with E-state index >= 15 is 0 Å². The molecule has 0 fully saturated rings. The van der Waals surface area contributed by atoms with Crippen molar-refractivity contribution in [2.24, 2.45) is 18.2 Å². The number of nitrogens with one attached hydrogen (secondary N) is 2. The van der Waals surface area contributed by atoms with Crippen molar-refractivity contribution in [1.29, 1.82) is 0 Å². The van der Waals surface area contributed by atoms with E-state index in [4.69, 9.17) is 5.73 Å². The molecule has 8 nitrogen and oxygen atoms in total. The zero-order valence-corrected chi connectivity index (χ0v) is 19.5. The number of nitrogens with two attached hydrogens (primary N) is 1. The third kappa shape index (κ3) is 4.99. The van der Waals surface area contributed by atoms with Gasteiger partial charge in [0.1, 0.15) is 11.9 Å². The molecule has 1 unspecified atom stereocenters. The first-order valence-electron chi connectivity index (χ1n) is 10.2. The van der Waals surface area contributed by atoms with Crippen LogP contribution in [0.25, 0.3) is 0 Å². The number of hydrogen-bond acceptors (Lipinski definition) is 4. The number of aryl methyl sites for hydroxylation is 1. The molecule has 0 saturated heterocycles. The molecular weight excluding hydrogens is 415 g/mol. The number of halogens is 1. The molecule has 0 bridgehead atoms. The van der Waals surface area contributed by atoms with Crippen LogP contribution in [-0.2, 0) is 16.6 Å². The summed E-state index contributed by atoms with van der Waals surface area (Å²) in [6.45, 7) is 10.1. The van der Waals surface area contributed by atoms with E-state index in [1.807, 2.05) is 0 Å². The summed E-state index contributed by atoms with van der Waals surface area (Å²) in [4.78, 5) is 37.5. The van der Waals surface area contributed by atoms with Crippen LogP contribution in [0.5, 0.6) is 0 Å². The molecule has 0 aliphatic heterocycles. The second-order valence-corrected chi connectivity index (χ2v) is 9.06. The molecule has 0 saturated carbocycles. The Kier molecular flexibility index (Phi) is 7.14. The third-order valence-corrected chi connectivity index (χ3v) is 5.57. The first-order valence-corrected chi connectivity index (χ1v) is 10.2. The molecule has 1 aromatic heterocycles. The van der Waals surface area contributed by atoms with Gasteiger partial charge in [-0.1, -0.05) is 20.8 Å². The third-order valence-electron chi connectivity index (χ3n) is 5.57. The van der Waals surface area contributed by atoms with Crippen molar-refractivity contribution in [1.82, 2.24) is 9.88 Å². The van der Waals surface area contributed by atoms with Gasteiger partial charge in [0.2, 0.25) is 5.91 Å². The van der Waals surface area contributed by atoms with E-state index in [0.29, 0.717) is 28.1 Å². The summed E-state index contributed by atoms with van der Waals surface area (Å²) in [7, 11) is 1.63. The second-order valence-electron chi connectivity index (χ2n) is 9.06. The van der Waals surface area contributed by atoms with E-state index < -0.39 is 35.3 Å². The van der Waals surface area contributed by atoms with Crippen LogP contribution in [0.1, 0.15) is 59.7 Å². The molecule has 0 spiro atoms. The lowest BCUT2D eigenvalue weighted by Crippen LogP contribution is -2.53. The summed E-state index contributed by atoms with van der Waals surface area (Å²) in [5.74, 6) is -2.35. The number of carbonyl (C=O) groups is 3. The second kappa shape index (κ2) is 9.12. The van der Waals surface area contributed by atoms with E-state index in [1.54, 1.807) is 53.2 Å². The van der Waals surface area contributed by atoms with Crippen LogP contribution in [0.2, 0.25) is 0 Å². The van der Waals surface area contributed by atoms with Gasteiger partial charge in [0.05, 0.1) is 11.3 Å². The summed E-state index contributed by atoms with van der Waals surface area (Å²) < 4.78 is 15.1. The molecular formula is C23H31FN4O4. The van der Waals surface area contributed by atoms with Crippen LogP contribution in [0, 0.1) is 32.0 Å². The summed E-state index contributed by atoms with van der Waals surface area (Å²) in [5, 5.41) is 16.0. The molecule has 2 rings (SSSR count). The number of nitrogens with zero attached hydrogens (tertiary/aromatic N) is 1. The van der Waals surface area contributed by atoms with Gasteiger partial charge < -0.3 is 26.0 Å². The molecule has 32 heavy (non-hydrogen) atoms. The summed E-state index contributed by atoms with van der Waals surface area (Å²) in [5.41, 5.74) is 7.02. The Morgan fingerprint density at radius 1 is 1.16 bits per heavy atom. The quantitative estimate of drug-likeness (QED) is 0.543. The Bertz CT molecular complexity index is 1070. The lowest BCUT2D eigenvalue weighted by molar-refractivity contribution is -0.135. The van der Waals surface area contributed by atoms with Crippen molar-refractivity contribution in [2.75, 3.05) is 5.32 Å². The Hall–Kier alpha value is -3.20. The summed E-state index contributed by atoms with van der Waals surface area (Å²) in [6.07, 6.45) is -1.63. The monoisotopic (exact) mass is 446 g/mol. The fourth-order valence-electron chi connectivity index (χ4n) is 3.70. The standard InChI is InChI=1S/C23H31FN4O4/c1-11-10-14(8-9-15(11)24)26-21(31)16-12(2)17(28(7)13(16)3)18(29)22(32)27-19(20(25)30)23(4,5)6/h8-10,18-19,29H,1-7H3,(H2,25,30)(H,26,31)(H,27,32)/t18?,19-/m0/s1. The minimum Gasteiger partial charge on any atom is -0.377 e. The number of aliphatic hydroxyl groups is 1. The highest BCUT2D eigenvalue weighted by Crippen LogP contribution is 2.28. The van der Waals surface area contributed by atoms with E-state index in [9.17, 15) is 23.9 Å². The van der Waals surface area contributed by atoms with Gasteiger partial charge in [-0.15, -0.1) is 0 Å². The molecule has 3 amide bonds. The number of aliphatic hydroxyl groups excluding tert-OH is 1. The fourth-order valence-corrected chi connectivity index (χ4v) is 3.70. The number of anilines is 1. The van der Waals surface area contributed by atoms with Crippen LogP contribution in [0.15, 0.2) is 18.2 Å². The van der Waals surface area contributed by atoms with Gasteiger partial charge in [0.15, 0.2) is 6.10 Å². The highest BCUT2D eigenvalue weighted by molar-refractivity contribution is 6.06. The van der Waals surface area contributed by atoms with Gasteiger partial charge in [0.25, 0.3) is 11.8 Å². The van der Waals surface area contributed by atoms with Gasteiger partial charge in [-0.3, -0.25) is 14.4 Å². The van der Waals surface area contributed by atoms with Gasteiger partial charge >= 0.3 is 0 Å². The molecule has 2 atom stereocenters. The maximum Gasteiger partial charge on any atom is 0.257 e. The van der Waals surface area contributed by atoms with Crippen molar-refractivity contribution in [2.45, 2.75) is 53.7 Å². The van der Waals surface area contributed by atoms with E-state index in [1.165, 1.54) is 18.2 Å². The molecule has 174 valence electrons. The lowest BCUT2D eigenvalue weighted by atomic mass is 9.86. The van der Waals surface area contributed by atoms with Crippen LogP contribution in [0.4, 0.5) is 10.1 Å². The van der Waals surface area contributed by atoms with Crippen molar-refractivity contribution < 1.29 is 23.9 Å². The first-order chi connectivity index (χ1) is 14.7. The van der Waals surface area contributed by atoms with Gasteiger partial charge in [0, 0.05) is 18.4 Å². The largest absolute Gasteiger partial charge is 0.377 e. The van der Waals surface area contributed by atoms with Crippen molar-refractivity contribution in [3.63, 3.8) is 0 Å². The Labute approximate surface area is 187 Å². The van der Waals surface area contributed by atoms with Gasteiger partial charge in [-0.25, -0.2) is 4.39 Å². The van der Waals surface area contributed by atoms with E-state index in [-0.39, 0.29) is 11.5 Å². The number of hydrogen-bond donors (Lipinski definition) is 4.